The smallest absolute Gasteiger partial charge is 0.169 e. The minimum Gasteiger partial charge on any atom is -0.308 e. The fourth-order valence-electron chi connectivity index (χ4n) is 23.6. The van der Waals surface area contributed by atoms with Crippen LogP contribution < -0.4 is 0 Å². The quantitative estimate of drug-likeness (QED) is 0.167. The lowest BCUT2D eigenvalue weighted by molar-refractivity contribution is 0.0797. The summed E-state index contributed by atoms with van der Waals surface area (Å²) >= 11 is 0. The number of ketones is 1. The van der Waals surface area contributed by atoms with E-state index in [9.17, 15) is 5.26 Å². The molecule has 4 heterocycles. The van der Waals surface area contributed by atoms with Gasteiger partial charge >= 0.3 is 0 Å². The zero-order chi connectivity index (χ0) is 65.4. The van der Waals surface area contributed by atoms with E-state index >= 15 is 4.79 Å². The van der Waals surface area contributed by atoms with Gasteiger partial charge < -0.3 is 8.80 Å². The molecule has 2 bridgehead atoms. The molecule has 4 heteroatoms. The van der Waals surface area contributed by atoms with Crippen molar-refractivity contribution in [3.05, 3.63) is 177 Å². The van der Waals surface area contributed by atoms with Gasteiger partial charge in [-0.1, -0.05) is 196 Å². The van der Waals surface area contributed by atoms with E-state index in [-0.39, 0.29) is 48.7 Å². The van der Waals surface area contributed by atoms with Crippen LogP contribution in [0.2, 0.25) is 0 Å². The van der Waals surface area contributed by atoms with Gasteiger partial charge in [-0.2, -0.15) is 5.26 Å². The summed E-state index contributed by atoms with van der Waals surface area (Å²) < 4.78 is 5.35. The van der Waals surface area contributed by atoms with Crippen LogP contribution >= 0.6 is 0 Å². The number of hydrogen-bond acceptors (Lipinski definition) is 2. The molecule has 94 heavy (non-hydrogen) atoms. The summed E-state index contributed by atoms with van der Waals surface area (Å²) in [6.07, 6.45) is 16.4. The lowest BCUT2D eigenvalue weighted by atomic mass is 9.48. The molecule has 2 saturated carbocycles. The first-order chi connectivity index (χ1) is 44.5. The minimum absolute atomic E-state index is 0.00196. The first-order valence-corrected chi connectivity index (χ1v) is 36.3. The molecule has 2 unspecified atom stereocenters. The Bertz CT molecular complexity index is 5300. The second kappa shape index (κ2) is 18.5. The third-order valence-corrected chi connectivity index (χ3v) is 25.7. The zero-order valence-corrected chi connectivity index (χ0v) is 58.9. The molecule has 1 spiro atoms. The highest BCUT2D eigenvalue weighted by Crippen LogP contribution is 2.68. The van der Waals surface area contributed by atoms with Gasteiger partial charge in [0, 0.05) is 54.1 Å². The van der Waals surface area contributed by atoms with Gasteiger partial charge in [-0.15, -0.1) is 0 Å². The Hall–Kier alpha value is -7.48. The van der Waals surface area contributed by atoms with Crippen LogP contribution in [0, 0.1) is 38.4 Å². The maximum absolute atomic E-state index is 15.2. The molecule has 0 amide bonds. The van der Waals surface area contributed by atoms with E-state index in [0.717, 1.165) is 80.9 Å². The van der Waals surface area contributed by atoms with Crippen LogP contribution in [0.25, 0.3) is 98.4 Å². The van der Waals surface area contributed by atoms with Gasteiger partial charge in [0.05, 0.1) is 50.1 Å². The number of nitrogens with zero attached hydrogens (tertiary/aromatic N) is 3. The first-order valence-electron chi connectivity index (χ1n) is 36.3. The third-order valence-electron chi connectivity index (χ3n) is 25.7. The lowest BCUT2D eigenvalue weighted by Crippen LogP contribution is -2.47. The van der Waals surface area contributed by atoms with Crippen molar-refractivity contribution in [2.45, 2.75) is 227 Å². The summed E-state index contributed by atoms with van der Waals surface area (Å²) in [5.41, 5.74) is 24.0. The first kappa shape index (κ1) is 59.0. The summed E-state index contributed by atoms with van der Waals surface area (Å²) in [5.74, 6) is 0.329. The highest BCUT2D eigenvalue weighted by Gasteiger charge is 2.57. The van der Waals surface area contributed by atoms with Crippen LogP contribution in [0.3, 0.4) is 0 Å². The summed E-state index contributed by atoms with van der Waals surface area (Å²) in [7, 11) is 0. The van der Waals surface area contributed by atoms with E-state index in [1.54, 1.807) is 0 Å². The number of rotatable bonds is 6. The Morgan fingerprint density at radius 2 is 0.936 bits per heavy atom. The summed E-state index contributed by atoms with van der Waals surface area (Å²) in [6.45, 7) is 36.8. The predicted molar refractivity (Wildman–Crippen MR) is 394 cm³/mol. The second-order valence-corrected chi connectivity index (χ2v) is 37.4. The Morgan fingerprint density at radius 3 is 1.51 bits per heavy atom. The van der Waals surface area contributed by atoms with Crippen LogP contribution in [0.5, 0.6) is 0 Å². The average molecular weight is 1230 g/mol. The molecule has 2 fully saturated rings. The average Bonchev–Trinajstić information content (AvgIpc) is 1.47. The van der Waals surface area contributed by atoms with Gasteiger partial charge in [-0.3, -0.25) is 4.79 Å². The molecule has 0 N–H and O–H groups in total. The molecule has 2 atom stereocenters. The largest absolute Gasteiger partial charge is 0.308 e. The summed E-state index contributed by atoms with van der Waals surface area (Å²) in [5, 5.41) is 22.9. The number of hydrogen-bond donors (Lipinski definition) is 0. The normalized spacial score (nSPS) is 21.8. The number of carbonyl (C=O) groups excluding carboxylic acids is 1. The number of nitriles is 1. The van der Waals surface area contributed by atoms with Crippen molar-refractivity contribution >= 4 is 82.0 Å². The van der Waals surface area contributed by atoms with Crippen molar-refractivity contribution in [1.29, 1.82) is 5.26 Å². The molecule has 0 radical (unpaired) electrons. The van der Waals surface area contributed by atoms with Crippen LogP contribution in [0.4, 0.5) is 0 Å². The van der Waals surface area contributed by atoms with Gasteiger partial charge in [-0.25, -0.2) is 0 Å². The maximum atomic E-state index is 15.2. The van der Waals surface area contributed by atoms with Crippen LogP contribution in [-0.2, 0) is 27.1 Å². The fraction of sp³-hybridized carbons (Fsp3) is 0.444. The van der Waals surface area contributed by atoms with Crippen molar-refractivity contribution in [3.63, 3.8) is 0 Å². The van der Waals surface area contributed by atoms with E-state index < -0.39 is 5.41 Å². The van der Waals surface area contributed by atoms with Crippen molar-refractivity contribution in [1.82, 2.24) is 8.80 Å². The second-order valence-electron chi connectivity index (χ2n) is 37.4. The SMILES string of the molecule is CCC1(c2cc3c4cc5c(cc4n4c6cc7c8c9c(cc%10c%11c%12c(c(C#N)cc%11n(c7cc6c(c2)c34)c%108)C(CC(C)(C)C)(CC(C)(C)C)CCC%12(CC(C)(C)C)CC(C)(C)C)C2(c3ccccc3-c3ccccc32)c2ccccc2-9)C(=O)C2(C)CCC5(C)C2)CCCCC1. The third kappa shape index (κ3) is 7.60. The van der Waals surface area contributed by atoms with Crippen molar-refractivity contribution in [3.8, 4) is 28.3 Å². The van der Waals surface area contributed by atoms with Gasteiger partial charge in [0.25, 0.3) is 0 Å². The summed E-state index contributed by atoms with van der Waals surface area (Å²) in [4.78, 5) is 15.2. The monoisotopic (exact) mass is 1230 g/mol. The predicted octanol–water partition coefficient (Wildman–Crippen LogP) is 24.5. The van der Waals surface area contributed by atoms with Crippen LogP contribution in [0.15, 0.2) is 121 Å². The highest BCUT2D eigenvalue weighted by molar-refractivity contribution is 6.33. The highest BCUT2D eigenvalue weighted by atomic mass is 16.1. The topological polar surface area (TPSA) is 49.7 Å². The number of fused-ring (bicyclic) bond motifs is 29. The van der Waals surface area contributed by atoms with Gasteiger partial charge in [-0.05, 0) is 236 Å². The standard InChI is InChI=1S/C90H95N3O/c1-16-87(32-24-17-25-33-87)53-39-59-57-41-67-61(80(94)86(15)35-34-85(67,14)51-86)44-69(57)92-70-45-62-71(43-58(70)60(40-53)78(59)92)93-72-38-52(46-91)76-77(89(49-83(8,9)10,50-84(11,12)13)37-36-88(76,47-81(2,3)4)48-82(5,6)7)74(72)63-42-68-73(75(62)79(63)93)56-28-20-23-31-66(56)90(68)64-29-21-18-26-54(64)55-27-19-22-30-65(55)90/h18-23,26-31,38-45H,16-17,24-25,32-37,47-51H2,1-15H3. The van der Waals surface area contributed by atoms with E-state index in [2.05, 4.69) is 240 Å². The van der Waals surface area contributed by atoms with Crippen molar-refractivity contribution < 1.29 is 4.79 Å². The van der Waals surface area contributed by atoms with Gasteiger partial charge in [0.15, 0.2) is 5.78 Å². The Labute approximate surface area is 557 Å². The molecular formula is C90H95N3O. The van der Waals surface area contributed by atoms with E-state index in [1.807, 2.05) is 0 Å². The molecule has 4 aromatic heterocycles. The van der Waals surface area contributed by atoms with Gasteiger partial charge in [0.2, 0.25) is 0 Å². The zero-order valence-electron chi connectivity index (χ0n) is 58.9. The summed E-state index contributed by atoms with van der Waals surface area (Å²) in [6, 6.07) is 51.9. The fourth-order valence-corrected chi connectivity index (χ4v) is 23.6. The van der Waals surface area contributed by atoms with Crippen LogP contribution in [0.1, 0.15) is 261 Å². The molecule has 4 nitrogen and oxygen atoms in total. The Kier molecular flexibility index (Phi) is 11.6. The number of benzene rings is 8. The molecule has 18 rings (SSSR count). The molecule has 8 aromatic carbocycles. The molecule has 6 aliphatic rings. The van der Waals surface area contributed by atoms with Crippen molar-refractivity contribution in [2.75, 3.05) is 0 Å². The minimum atomic E-state index is -0.595. The van der Waals surface area contributed by atoms with Gasteiger partial charge in [0.1, 0.15) is 0 Å². The maximum Gasteiger partial charge on any atom is 0.169 e. The number of Topliss-reactive ketones (excluding diaryl/α,β-unsaturated/α-hetero) is 1. The molecule has 0 saturated heterocycles. The molecule has 12 aromatic rings. The molecular weight excluding hydrogens is 1140 g/mol. The Balaban J connectivity index is 1.08. The Morgan fingerprint density at radius 1 is 0.447 bits per heavy atom. The van der Waals surface area contributed by atoms with E-state index in [4.69, 9.17) is 0 Å². The lowest BCUT2D eigenvalue weighted by Gasteiger charge is -2.55. The molecule has 6 aliphatic carbocycles. The number of carbonyl (C=O) groups is 1. The molecule has 0 aliphatic heterocycles. The van der Waals surface area contributed by atoms with Crippen molar-refractivity contribution in [2.24, 2.45) is 27.1 Å². The number of aromatic nitrogens is 2. The van der Waals surface area contributed by atoms with E-state index in [1.165, 1.54) is 170 Å². The van der Waals surface area contributed by atoms with E-state index in [0.29, 0.717) is 5.78 Å². The molecule has 476 valence electrons. The van der Waals surface area contributed by atoms with Crippen LogP contribution in [-0.4, -0.2) is 14.6 Å².